The van der Waals surface area contributed by atoms with Crippen LogP contribution in [0.4, 0.5) is 0 Å². The Morgan fingerprint density at radius 1 is 0.846 bits per heavy atom. The molecule has 0 aliphatic heterocycles. The van der Waals surface area contributed by atoms with Crippen LogP contribution in [0, 0.1) is 13.8 Å². The van der Waals surface area contributed by atoms with E-state index in [0.29, 0.717) is 19.0 Å². The minimum absolute atomic E-state index is 0.313. The summed E-state index contributed by atoms with van der Waals surface area (Å²) in [6, 6.07) is 15.8. The monoisotopic (exact) mass is 366 g/mol. The first kappa shape index (κ1) is 16.5. The average Bonchev–Trinajstić information content (AvgIpc) is 3.21. The van der Waals surface area contributed by atoms with Gasteiger partial charge < -0.3 is 9.47 Å². The Bertz CT molecular complexity index is 1040. The predicted molar refractivity (Wildman–Crippen MR) is 99.7 cm³/mol. The van der Waals surface area contributed by atoms with Crippen LogP contribution in [-0.2, 0) is 13.2 Å². The fraction of sp³-hybridized carbons (Fsp3) is 0.211. The molecule has 6 nitrogen and oxygen atoms in total. The number of ether oxygens (including phenoxy) is 2. The number of rotatable bonds is 6. The second kappa shape index (κ2) is 7.13. The lowest BCUT2D eigenvalue weighted by Gasteiger charge is -2.07. The molecule has 0 radical (unpaired) electrons. The summed E-state index contributed by atoms with van der Waals surface area (Å²) in [4.78, 5) is 0.733. The first-order valence-corrected chi connectivity index (χ1v) is 9.09. The number of para-hydroxylation sites is 2. The molecule has 0 saturated heterocycles. The fourth-order valence-corrected chi connectivity index (χ4v) is 3.33. The molecule has 0 atom stereocenters. The Balaban J connectivity index is 1.47. The Labute approximate surface area is 155 Å². The van der Waals surface area contributed by atoms with Gasteiger partial charge in [0.1, 0.15) is 24.7 Å². The van der Waals surface area contributed by atoms with Gasteiger partial charge >= 0.3 is 0 Å². The quantitative estimate of drug-likeness (QED) is 0.517. The molecule has 2 aromatic carbocycles. The fourth-order valence-electron chi connectivity index (χ4n) is 2.56. The standard InChI is InChI=1S/C19H18N4O2S/c1-13-7-3-5-9-15(13)24-11-17-20-21-19-23(17)22-18(26-19)12-25-16-10-6-4-8-14(16)2/h3-10H,11-12H2,1-2H3. The maximum Gasteiger partial charge on any atom is 0.234 e. The lowest BCUT2D eigenvalue weighted by molar-refractivity contribution is 0.288. The van der Waals surface area contributed by atoms with Crippen LogP contribution < -0.4 is 9.47 Å². The minimum Gasteiger partial charge on any atom is -0.486 e. The summed E-state index contributed by atoms with van der Waals surface area (Å²) in [5.74, 6) is 2.37. The number of hydrogen-bond donors (Lipinski definition) is 0. The minimum atomic E-state index is 0.313. The molecule has 0 unspecified atom stereocenters. The zero-order valence-corrected chi connectivity index (χ0v) is 15.4. The highest BCUT2D eigenvalue weighted by Crippen LogP contribution is 2.21. The lowest BCUT2D eigenvalue weighted by Crippen LogP contribution is -2.04. The van der Waals surface area contributed by atoms with E-state index in [1.165, 1.54) is 11.3 Å². The highest BCUT2D eigenvalue weighted by molar-refractivity contribution is 7.16. The van der Waals surface area contributed by atoms with Crippen LogP contribution in [0.1, 0.15) is 22.0 Å². The molecule has 7 heteroatoms. The van der Waals surface area contributed by atoms with Crippen molar-refractivity contribution >= 4 is 16.3 Å². The highest BCUT2D eigenvalue weighted by Gasteiger charge is 2.13. The molecule has 0 N–H and O–H groups in total. The SMILES string of the molecule is Cc1ccccc1OCc1nn2c(COc3ccccc3C)nnc2s1. The van der Waals surface area contributed by atoms with Crippen molar-refractivity contribution in [3.63, 3.8) is 0 Å². The van der Waals surface area contributed by atoms with Crippen LogP contribution in [0.25, 0.3) is 4.96 Å². The van der Waals surface area contributed by atoms with Gasteiger partial charge in [0, 0.05) is 0 Å². The van der Waals surface area contributed by atoms with E-state index in [9.17, 15) is 0 Å². The maximum absolute atomic E-state index is 5.86. The Morgan fingerprint density at radius 2 is 1.46 bits per heavy atom. The first-order valence-electron chi connectivity index (χ1n) is 8.27. The number of hydrogen-bond acceptors (Lipinski definition) is 6. The second-order valence-corrected chi connectivity index (χ2v) is 6.96. The van der Waals surface area contributed by atoms with Gasteiger partial charge in [0.25, 0.3) is 0 Å². The molecule has 0 aliphatic rings. The molecule has 132 valence electrons. The van der Waals surface area contributed by atoms with Crippen LogP contribution in [0.15, 0.2) is 48.5 Å². The molecule has 26 heavy (non-hydrogen) atoms. The number of aromatic nitrogens is 4. The van der Waals surface area contributed by atoms with Crippen molar-refractivity contribution in [3.05, 3.63) is 70.5 Å². The summed E-state index contributed by atoms with van der Waals surface area (Å²) < 4.78 is 13.4. The second-order valence-electron chi connectivity index (χ2n) is 5.91. The molecule has 0 amide bonds. The van der Waals surface area contributed by atoms with E-state index in [-0.39, 0.29) is 0 Å². The van der Waals surface area contributed by atoms with E-state index in [1.807, 2.05) is 62.4 Å². The smallest absolute Gasteiger partial charge is 0.234 e. The van der Waals surface area contributed by atoms with E-state index in [0.717, 1.165) is 32.6 Å². The molecule has 2 heterocycles. The zero-order chi connectivity index (χ0) is 17.9. The molecule has 4 rings (SSSR count). The number of benzene rings is 2. The van der Waals surface area contributed by atoms with E-state index >= 15 is 0 Å². The molecule has 0 bridgehead atoms. The zero-order valence-electron chi connectivity index (χ0n) is 14.5. The van der Waals surface area contributed by atoms with Gasteiger partial charge in [-0.1, -0.05) is 47.7 Å². The van der Waals surface area contributed by atoms with Gasteiger partial charge in [-0.2, -0.15) is 9.61 Å². The summed E-state index contributed by atoms with van der Waals surface area (Å²) in [5, 5.41) is 13.7. The van der Waals surface area contributed by atoms with Gasteiger partial charge in [0.15, 0.2) is 10.8 Å². The van der Waals surface area contributed by atoms with Gasteiger partial charge in [-0.25, -0.2) is 0 Å². The summed E-state index contributed by atoms with van der Waals surface area (Å²) in [7, 11) is 0. The van der Waals surface area contributed by atoms with Crippen molar-refractivity contribution < 1.29 is 9.47 Å². The van der Waals surface area contributed by atoms with Crippen molar-refractivity contribution in [1.29, 1.82) is 0 Å². The van der Waals surface area contributed by atoms with Crippen LogP contribution in [0.2, 0.25) is 0 Å². The van der Waals surface area contributed by atoms with Gasteiger partial charge in [0.2, 0.25) is 4.96 Å². The molecule has 0 spiro atoms. The number of nitrogens with zero attached hydrogens (tertiary/aromatic N) is 4. The molecular weight excluding hydrogens is 348 g/mol. The number of aryl methyl sites for hydroxylation is 2. The molecule has 2 aromatic heterocycles. The molecule has 4 aromatic rings. The third-order valence-corrected chi connectivity index (χ3v) is 4.86. The van der Waals surface area contributed by atoms with Crippen molar-refractivity contribution in [2.45, 2.75) is 27.1 Å². The van der Waals surface area contributed by atoms with Gasteiger partial charge in [-0.3, -0.25) is 0 Å². The summed E-state index contributed by atoms with van der Waals surface area (Å²) in [5.41, 5.74) is 2.18. The third-order valence-electron chi connectivity index (χ3n) is 3.99. The largest absolute Gasteiger partial charge is 0.486 e. The van der Waals surface area contributed by atoms with Crippen molar-refractivity contribution in [2.24, 2.45) is 0 Å². The molecular formula is C19H18N4O2S. The van der Waals surface area contributed by atoms with Crippen LogP contribution >= 0.6 is 11.3 Å². The van der Waals surface area contributed by atoms with Gasteiger partial charge in [-0.15, -0.1) is 10.2 Å². The van der Waals surface area contributed by atoms with Crippen LogP contribution in [0.5, 0.6) is 11.5 Å². The normalized spacial score (nSPS) is 11.0. The van der Waals surface area contributed by atoms with Crippen molar-refractivity contribution in [2.75, 3.05) is 0 Å². The van der Waals surface area contributed by atoms with Crippen molar-refractivity contribution in [1.82, 2.24) is 19.8 Å². The van der Waals surface area contributed by atoms with Crippen molar-refractivity contribution in [3.8, 4) is 11.5 Å². The van der Waals surface area contributed by atoms with E-state index in [4.69, 9.17) is 9.47 Å². The Morgan fingerprint density at radius 3 is 2.12 bits per heavy atom. The summed E-state index contributed by atoms with van der Waals surface area (Å²) >= 11 is 1.47. The highest BCUT2D eigenvalue weighted by atomic mass is 32.1. The predicted octanol–water partition coefficient (Wildman–Crippen LogP) is 3.96. The Kier molecular flexibility index (Phi) is 4.53. The average molecular weight is 366 g/mol. The van der Waals surface area contributed by atoms with Gasteiger partial charge in [0.05, 0.1) is 0 Å². The summed E-state index contributed by atoms with van der Waals surface area (Å²) in [6.45, 7) is 4.75. The van der Waals surface area contributed by atoms with E-state index in [1.54, 1.807) is 4.52 Å². The molecule has 0 saturated carbocycles. The van der Waals surface area contributed by atoms with Crippen LogP contribution in [0.3, 0.4) is 0 Å². The number of fused-ring (bicyclic) bond motifs is 1. The lowest BCUT2D eigenvalue weighted by atomic mass is 10.2. The summed E-state index contributed by atoms with van der Waals surface area (Å²) in [6.07, 6.45) is 0. The molecule has 0 fully saturated rings. The van der Waals surface area contributed by atoms with E-state index < -0.39 is 0 Å². The van der Waals surface area contributed by atoms with Gasteiger partial charge in [-0.05, 0) is 37.1 Å². The molecule has 0 aliphatic carbocycles. The Hall–Kier alpha value is -2.93. The maximum atomic E-state index is 5.86. The van der Waals surface area contributed by atoms with Crippen LogP contribution in [-0.4, -0.2) is 19.8 Å². The first-order chi connectivity index (χ1) is 12.7. The third kappa shape index (κ3) is 3.39. The van der Waals surface area contributed by atoms with E-state index in [2.05, 4.69) is 15.3 Å². The topological polar surface area (TPSA) is 61.5 Å².